The van der Waals surface area contributed by atoms with Crippen LogP contribution in [0.15, 0.2) is 101 Å². The summed E-state index contributed by atoms with van der Waals surface area (Å²) in [6.45, 7) is 2.87. The third kappa shape index (κ3) is 4.52. The summed E-state index contributed by atoms with van der Waals surface area (Å²) in [6, 6.07) is 31.0. The van der Waals surface area contributed by atoms with Gasteiger partial charge < -0.3 is 4.57 Å². The number of benzene rings is 4. The number of amides is 1. The van der Waals surface area contributed by atoms with Crippen molar-refractivity contribution in [1.82, 2.24) is 9.99 Å². The van der Waals surface area contributed by atoms with Crippen LogP contribution in [0.5, 0.6) is 0 Å². The van der Waals surface area contributed by atoms with Crippen LogP contribution in [0.1, 0.15) is 22.4 Å². The summed E-state index contributed by atoms with van der Waals surface area (Å²) in [5, 5.41) is 7.91. The van der Waals surface area contributed by atoms with Crippen LogP contribution in [-0.4, -0.2) is 16.7 Å². The molecule has 0 aliphatic heterocycles. The molecule has 5 rings (SSSR count). The number of nitrogens with zero attached hydrogens (tertiary/aromatic N) is 2. The van der Waals surface area contributed by atoms with Crippen molar-refractivity contribution in [2.75, 3.05) is 0 Å². The molecule has 4 aromatic carbocycles. The molecule has 0 saturated carbocycles. The van der Waals surface area contributed by atoms with Crippen molar-refractivity contribution in [2.45, 2.75) is 19.9 Å². The number of carbonyl (C=O) groups is 1. The van der Waals surface area contributed by atoms with Gasteiger partial charge in [-0.15, -0.1) is 0 Å². The van der Waals surface area contributed by atoms with Crippen molar-refractivity contribution in [2.24, 2.45) is 5.10 Å². The number of halogens is 1. The van der Waals surface area contributed by atoms with Gasteiger partial charge in [-0.25, -0.2) is 5.43 Å². The van der Waals surface area contributed by atoms with E-state index in [1.807, 2.05) is 30.3 Å². The first-order chi connectivity index (χ1) is 16.6. The lowest BCUT2D eigenvalue weighted by atomic mass is 10.0. The zero-order valence-electron chi connectivity index (χ0n) is 18.8. The fraction of sp³-hybridized carbons (Fsp3) is 0.103. The summed E-state index contributed by atoms with van der Waals surface area (Å²) in [7, 11) is 0. The van der Waals surface area contributed by atoms with Crippen molar-refractivity contribution in [3.05, 3.63) is 118 Å². The number of hydrazone groups is 1. The fourth-order valence-electron chi connectivity index (χ4n) is 4.42. The highest BCUT2D eigenvalue weighted by Gasteiger charge is 2.14. The maximum Gasteiger partial charge on any atom is 0.244 e. The van der Waals surface area contributed by atoms with Crippen LogP contribution in [0.4, 0.5) is 0 Å². The second-order valence-electron chi connectivity index (χ2n) is 8.34. The highest BCUT2D eigenvalue weighted by atomic mass is 79.9. The second kappa shape index (κ2) is 9.65. The number of nitrogens with one attached hydrogen (secondary N) is 1. The first kappa shape index (κ1) is 22.1. The van der Waals surface area contributed by atoms with Crippen LogP contribution >= 0.6 is 15.9 Å². The number of hydrogen-bond donors (Lipinski definition) is 1. The van der Waals surface area contributed by atoms with Crippen LogP contribution in [0.25, 0.3) is 21.7 Å². The Morgan fingerprint density at radius 3 is 2.44 bits per heavy atom. The Morgan fingerprint density at radius 1 is 0.912 bits per heavy atom. The Hall–Kier alpha value is -3.70. The lowest BCUT2D eigenvalue weighted by molar-refractivity contribution is -0.120. The number of hydrogen-bond acceptors (Lipinski definition) is 2. The molecule has 34 heavy (non-hydrogen) atoms. The third-order valence-electron chi connectivity index (χ3n) is 6.15. The minimum atomic E-state index is -0.143. The first-order valence-corrected chi connectivity index (χ1v) is 12.0. The van der Waals surface area contributed by atoms with Crippen molar-refractivity contribution >= 4 is 49.7 Å². The van der Waals surface area contributed by atoms with Crippen LogP contribution in [0, 0.1) is 6.92 Å². The molecule has 0 bridgehead atoms. The molecule has 0 atom stereocenters. The number of para-hydroxylation sites is 1. The summed E-state index contributed by atoms with van der Waals surface area (Å²) in [6.07, 6.45) is 2.04. The maximum absolute atomic E-state index is 12.4. The van der Waals surface area contributed by atoms with E-state index in [4.69, 9.17) is 0 Å². The van der Waals surface area contributed by atoms with Gasteiger partial charge in [-0.2, -0.15) is 5.10 Å². The molecule has 0 fully saturated rings. The Kier molecular flexibility index (Phi) is 6.28. The number of fused-ring (bicyclic) bond motifs is 2. The SMILES string of the molecule is Cc1c(/C=N\NC(=O)Cc2ccc(Br)cc2)c2ccccc2n1Cc1cccc2ccccc12. The van der Waals surface area contributed by atoms with E-state index in [1.165, 1.54) is 16.3 Å². The minimum absolute atomic E-state index is 0.143. The predicted molar refractivity (Wildman–Crippen MR) is 143 cm³/mol. The van der Waals surface area contributed by atoms with Gasteiger partial charge in [-0.3, -0.25) is 4.79 Å². The van der Waals surface area contributed by atoms with Crippen molar-refractivity contribution < 1.29 is 4.79 Å². The van der Waals surface area contributed by atoms with Crippen molar-refractivity contribution in [3.8, 4) is 0 Å². The summed E-state index contributed by atoms with van der Waals surface area (Å²) in [4.78, 5) is 12.4. The summed E-state index contributed by atoms with van der Waals surface area (Å²) in [5.74, 6) is -0.143. The zero-order valence-corrected chi connectivity index (χ0v) is 20.4. The Balaban J connectivity index is 1.42. The normalized spacial score (nSPS) is 11.5. The average Bonchev–Trinajstić information content (AvgIpc) is 3.12. The van der Waals surface area contributed by atoms with Crippen molar-refractivity contribution in [3.63, 3.8) is 0 Å². The molecule has 0 spiro atoms. The topological polar surface area (TPSA) is 46.4 Å². The van der Waals surface area contributed by atoms with Gasteiger partial charge in [0.1, 0.15) is 0 Å². The summed E-state index contributed by atoms with van der Waals surface area (Å²) < 4.78 is 3.31. The van der Waals surface area contributed by atoms with Crippen LogP contribution in [0.2, 0.25) is 0 Å². The molecule has 1 aromatic heterocycles. The molecule has 0 aliphatic carbocycles. The van der Waals surface area contributed by atoms with E-state index < -0.39 is 0 Å². The number of aromatic nitrogens is 1. The van der Waals surface area contributed by atoms with Gasteiger partial charge >= 0.3 is 0 Å². The predicted octanol–water partition coefficient (Wildman–Crippen LogP) is 6.61. The molecule has 5 heteroatoms. The fourth-order valence-corrected chi connectivity index (χ4v) is 4.69. The summed E-state index contributed by atoms with van der Waals surface area (Å²) in [5.41, 5.74) is 8.17. The molecule has 0 saturated heterocycles. The molecule has 168 valence electrons. The molecule has 1 amide bonds. The van der Waals surface area contributed by atoms with Gasteiger partial charge in [-0.05, 0) is 47.0 Å². The van der Waals surface area contributed by atoms with E-state index in [0.717, 1.165) is 38.7 Å². The molecular formula is C29H24BrN3O. The highest BCUT2D eigenvalue weighted by molar-refractivity contribution is 9.10. The molecule has 5 aromatic rings. The lowest BCUT2D eigenvalue weighted by Gasteiger charge is -2.11. The van der Waals surface area contributed by atoms with Crippen LogP contribution in [-0.2, 0) is 17.8 Å². The van der Waals surface area contributed by atoms with E-state index in [-0.39, 0.29) is 12.3 Å². The van der Waals surface area contributed by atoms with E-state index in [9.17, 15) is 4.79 Å². The number of rotatable bonds is 6. The standard InChI is InChI=1S/C29H24BrN3O/c1-20-27(18-31-32-29(34)17-21-13-15-24(30)16-14-21)26-11-4-5-12-28(26)33(20)19-23-9-6-8-22-7-2-3-10-25(22)23/h2-16,18H,17,19H2,1H3,(H,32,34)/b31-18-. The molecule has 1 N–H and O–H groups in total. The highest BCUT2D eigenvalue weighted by Crippen LogP contribution is 2.27. The van der Waals surface area contributed by atoms with E-state index in [1.54, 1.807) is 6.21 Å². The number of carbonyl (C=O) groups excluding carboxylic acids is 1. The lowest BCUT2D eigenvalue weighted by Crippen LogP contribution is -2.19. The van der Waals surface area contributed by atoms with Gasteiger partial charge in [-0.1, -0.05) is 88.7 Å². The smallest absolute Gasteiger partial charge is 0.244 e. The van der Waals surface area contributed by atoms with Gasteiger partial charge in [0.05, 0.1) is 12.6 Å². The van der Waals surface area contributed by atoms with E-state index >= 15 is 0 Å². The molecule has 0 unspecified atom stereocenters. The monoisotopic (exact) mass is 509 g/mol. The van der Waals surface area contributed by atoms with Crippen molar-refractivity contribution in [1.29, 1.82) is 0 Å². The average molecular weight is 510 g/mol. The molecule has 0 radical (unpaired) electrons. The first-order valence-electron chi connectivity index (χ1n) is 11.2. The largest absolute Gasteiger partial charge is 0.340 e. The van der Waals surface area contributed by atoms with Gasteiger partial charge in [0.25, 0.3) is 0 Å². The summed E-state index contributed by atoms with van der Waals surface area (Å²) >= 11 is 3.41. The van der Waals surface area contributed by atoms with Crippen LogP contribution < -0.4 is 5.43 Å². The molecular weight excluding hydrogens is 486 g/mol. The third-order valence-corrected chi connectivity index (χ3v) is 6.68. The molecule has 4 nitrogen and oxygen atoms in total. The van der Waals surface area contributed by atoms with Gasteiger partial charge in [0.2, 0.25) is 5.91 Å². The minimum Gasteiger partial charge on any atom is -0.340 e. The Labute approximate surface area is 207 Å². The Bertz CT molecular complexity index is 1510. The zero-order chi connectivity index (χ0) is 23.5. The quantitative estimate of drug-likeness (QED) is 0.203. The van der Waals surface area contributed by atoms with Gasteiger partial charge in [0.15, 0.2) is 0 Å². The second-order valence-corrected chi connectivity index (χ2v) is 9.25. The Morgan fingerprint density at radius 2 is 1.62 bits per heavy atom. The van der Waals surface area contributed by atoms with Gasteiger partial charge in [0, 0.05) is 33.2 Å². The van der Waals surface area contributed by atoms with Crippen LogP contribution in [0.3, 0.4) is 0 Å². The molecule has 0 aliphatic rings. The maximum atomic E-state index is 12.4. The van der Waals surface area contributed by atoms with E-state index in [2.05, 4.69) is 98.6 Å². The molecule has 1 heterocycles. The van der Waals surface area contributed by atoms with E-state index in [0.29, 0.717) is 0 Å².